The minimum absolute atomic E-state index is 0.0210. The molecule has 244 valence electrons. The largest absolute Gasteiger partial charge is 0.462 e. The highest BCUT2D eigenvalue weighted by molar-refractivity contribution is 6.48. The number of rotatable bonds is 12. The van der Waals surface area contributed by atoms with Gasteiger partial charge in [-0.15, -0.1) is 0 Å². The molecule has 44 heavy (non-hydrogen) atoms. The molecule has 2 atom stereocenters. The van der Waals surface area contributed by atoms with Crippen molar-refractivity contribution in [3.05, 3.63) is 64.1 Å². The van der Waals surface area contributed by atoms with Crippen LogP contribution in [0.15, 0.2) is 47.4 Å². The molecule has 2 unspecified atom stereocenters. The molecule has 1 aromatic heterocycles. The van der Waals surface area contributed by atoms with Gasteiger partial charge in [-0.1, -0.05) is 65.0 Å². The number of hydrogen-bond acceptors (Lipinski definition) is 7. The standard InChI is InChI=1S/C30H42F3N3O7Si/c1-9-41-25(39)21-15-16-36(24(38)23(21)34-27(40)42-18-20-13-11-10-12-14-20)17-22(37)35-29(19(2)3,43-44(7)8)26(28(4,5)6)30(31,32)33/h10-16,19,26,44H,9,17-18H2,1-8H3,(H,34,40)(H,35,37). The molecule has 2 N–H and O–H groups in total. The molecule has 2 rings (SSSR count). The SMILES string of the molecule is CCOC(=O)c1ccn(CC(=O)NC(O[SiH](C)C)(C(C)C)C(C(C)(C)C)C(F)(F)F)c(=O)c1NC(=O)OCc1ccccc1. The smallest absolute Gasteiger partial charge is 0.412 e. The minimum atomic E-state index is -4.74. The second kappa shape index (κ2) is 14.9. The van der Waals surface area contributed by atoms with Crippen LogP contribution >= 0.6 is 0 Å². The van der Waals surface area contributed by atoms with E-state index in [0.29, 0.717) is 5.56 Å². The molecule has 1 heterocycles. The molecular formula is C30H42F3N3O7Si. The molecule has 0 radical (unpaired) electrons. The maximum absolute atomic E-state index is 14.6. The zero-order chi connectivity index (χ0) is 33.5. The van der Waals surface area contributed by atoms with Crippen LogP contribution in [0.4, 0.5) is 23.7 Å². The zero-order valence-electron chi connectivity index (χ0n) is 26.3. The van der Waals surface area contributed by atoms with Gasteiger partial charge in [0.2, 0.25) is 5.91 Å². The molecule has 0 aliphatic heterocycles. The van der Waals surface area contributed by atoms with E-state index in [4.69, 9.17) is 13.9 Å². The van der Waals surface area contributed by atoms with E-state index in [9.17, 15) is 32.3 Å². The van der Waals surface area contributed by atoms with Gasteiger partial charge >= 0.3 is 18.2 Å². The molecule has 1 aromatic carbocycles. The lowest BCUT2D eigenvalue weighted by atomic mass is 9.70. The van der Waals surface area contributed by atoms with Gasteiger partial charge in [-0.25, -0.2) is 9.59 Å². The van der Waals surface area contributed by atoms with Crippen molar-refractivity contribution in [1.29, 1.82) is 0 Å². The maximum Gasteiger partial charge on any atom is 0.412 e. The summed E-state index contributed by atoms with van der Waals surface area (Å²) < 4.78 is 60.9. The summed E-state index contributed by atoms with van der Waals surface area (Å²) >= 11 is 0. The zero-order valence-corrected chi connectivity index (χ0v) is 27.5. The molecule has 2 aromatic rings. The summed E-state index contributed by atoms with van der Waals surface area (Å²) in [7, 11) is -2.18. The van der Waals surface area contributed by atoms with Crippen molar-refractivity contribution in [2.45, 2.75) is 79.7 Å². The Kier molecular flexibility index (Phi) is 12.4. The molecule has 2 amide bonds. The molecule has 14 heteroatoms. The van der Waals surface area contributed by atoms with Gasteiger partial charge in [-0.3, -0.25) is 14.9 Å². The number of hydrogen-bond donors (Lipinski definition) is 2. The fourth-order valence-corrected chi connectivity index (χ4v) is 6.27. The lowest BCUT2D eigenvalue weighted by Gasteiger charge is -2.51. The van der Waals surface area contributed by atoms with Crippen molar-refractivity contribution in [1.82, 2.24) is 9.88 Å². The molecule has 0 aliphatic carbocycles. The van der Waals surface area contributed by atoms with E-state index in [0.717, 1.165) is 10.8 Å². The molecule has 0 fully saturated rings. The Morgan fingerprint density at radius 1 is 1.00 bits per heavy atom. The number of carbonyl (C=O) groups excluding carboxylic acids is 3. The number of nitrogens with one attached hydrogen (secondary N) is 2. The molecule has 0 saturated carbocycles. The number of esters is 1. The average molecular weight is 642 g/mol. The van der Waals surface area contributed by atoms with Crippen LogP contribution in [0.25, 0.3) is 0 Å². The number of anilines is 1. The Morgan fingerprint density at radius 3 is 2.11 bits per heavy atom. The Hall–Kier alpha value is -3.65. The lowest BCUT2D eigenvalue weighted by Crippen LogP contribution is -2.67. The summed E-state index contributed by atoms with van der Waals surface area (Å²) in [5.74, 6) is -4.75. The van der Waals surface area contributed by atoms with Crippen LogP contribution < -0.4 is 16.2 Å². The van der Waals surface area contributed by atoms with E-state index in [-0.39, 0.29) is 18.8 Å². The topological polar surface area (TPSA) is 125 Å². The first-order valence-corrected chi connectivity index (χ1v) is 17.0. The molecular weight excluding hydrogens is 599 g/mol. The third kappa shape index (κ3) is 9.42. The van der Waals surface area contributed by atoms with E-state index in [2.05, 4.69) is 10.6 Å². The van der Waals surface area contributed by atoms with Crippen LogP contribution in [0.1, 0.15) is 57.5 Å². The van der Waals surface area contributed by atoms with Crippen LogP contribution in [0.5, 0.6) is 0 Å². The first kappa shape index (κ1) is 36.5. The third-order valence-corrected chi connectivity index (χ3v) is 7.52. The number of pyridine rings is 1. The second-order valence-corrected chi connectivity index (χ2v) is 14.3. The van der Waals surface area contributed by atoms with E-state index in [1.165, 1.54) is 40.7 Å². The Labute approximate surface area is 257 Å². The van der Waals surface area contributed by atoms with Gasteiger partial charge in [0, 0.05) is 12.1 Å². The molecule has 0 spiro atoms. The van der Waals surface area contributed by atoms with Gasteiger partial charge in [-0.2, -0.15) is 13.2 Å². The predicted octanol–water partition coefficient (Wildman–Crippen LogP) is 5.47. The van der Waals surface area contributed by atoms with Crippen molar-refractivity contribution in [2.75, 3.05) is 11.9 Å². The van der Waals surface area contributed by atoms with Crippen molar-refractivity contribution < 1.29 is 41.5 Å². The van der Waals surface area contributed by atoms with Gasteiger partial charge in [0.1, 0.15) is 30.5 Å². The fourth-order valence-electron chi connectivity index (χ4n) is 5.02. The summed E-state index contributed by atoms with van der Waals surface area (Å²) in [5.41, 5.74) is -4.61. The van der Waals surface area contributed by atoms with Crippen LogP contribution in [0, 0.1) is 17.3 Å². The molecule has 10 nitrogen and oxygen atoms in total. The molecule has 0 saturated heterocycles. The number of alkyl halides is 3. The quantitative estimate of drug-likeness (QED) is 0.179. The Balaban J connectivity index is 2.49. The fraction of sp³-hybridized carbons (Fsp3) is 0.533. The van der Waals surface area contributed by atoms with Gasteiger partial charge in [0.05, 0.1) is 12.2 Å². The predicted molar refractivity (Wildman–Crippen MR) is 162 cm³/mol. The summed E-state index contributed by atoms with van der Waals surface area (Å²) in [4.78, 5) is 52.1. The maximum atomic E-state index is 14.6. The second-order valence-electron chi connectivity index (χ2n) is 11.9. The van der Waals surface area contributed by atoms with Gasteiger partial charge in [-0.05, 0) is 37.1 Å². The van der Waals surface area contributed by atoms with Crippen LogP contribution in [0.2, 0.25) is 13.1 Å². The van der Waals surface area contributed by atoms with Crippen molar-refractivity contribution in [2.24, 2.45) is 17.3 Å². The van der Waals surface area contributed by atoms with E-state index < -0.39 is 74.0 Å². The number of aromatic nitrogens is 1. The van der Waals surface area contributed by atoms with Crippen LogP contribution in [0.3, 0.4) is 0 Å². The third-order valence-electron chi connectivity index (χ3n) is 6.66. The Bertz CT molecular complexity index is 1340. The summed E-state index contributed by atoms with van der Waals surface area (Å²) in [6.45, 7) is 11.4. The summed E-state index contributed by atoms with van der Waals surface area (Å²) in [6, 6.07) is 9.88. The van der Waals surface area contributed by atoms with Gasteiger partial charge in [0.25, 0.3) is 5.56 Å². The van der Waals surface area contributed by atoms with Gasteiger partial charge < -0.3 is 23.8 Å². The number of carbonyl (C=O) groups is 3. The molecule has 0 aliphatic rings. The van der Waals surface area contributed by atoms with Gasteiger partial charge in [0.15, 0.2) is 9.04 Å². The van der Waals surface area contributed by atoms with Crippen molar-refractivity contribution in [3.8, 4) is 0 Å². The highest BCUT2D eigenvalue weighted by Crippen LogP contribution is 2.49. The first-order valence-electron chi connectivity index (χ1n) is 14.3. The van der Waals surface area contributed by atoms with Crippen molar-refractivity contribution >= 4 is 32.7 Å². The van der Waals surface area contributed by atoms with E-state index >= 15 is 0 Å². The average Bonchev–Trinajstić information content (AvgIpc) is 2.88. The Morgan fingerprint density at radius 2 is 1.61 bits per heavy atom. The number of amides is 2. The molecule has 0 bridgehead atoms. The highest BCUT2D eigenvalue weighted by Gasteiger charge is 2.61. The monoisotopic (exact) mass is 641 g/mol. The number of nitrogens with zero attached hydrogens (tertiary/aromatic N) is 1. The number of halogens is 3. The van der Waals surface area contributed by atoms with Crippen LogP contribution in [-0.2, 0) is 31.8 Å². The van der Waals surface area contributed by atoms with Crippen molar-refractivity contribution in [3.63, 3.8) is 0 Å². The lowest BCUT2D eigenvalue weighted by molar-refractivity contribution is -0.265. The number of benzene rings is 1. The normalized spacial score (nSPS) is 14.1. The highest BCUT2D eigenvalue weighted by atomic mass is 28.3. The minimum Gasteiger partial charge on any atom is -0.462 e. The van der Waals surface area contributed by atoms with E-state index in [1.54, 1.807) is 50.3 Å². The first-order chi connectivity index (χ1) is 20.3. The van der Waals surface area contributed by atoms with Crippen LogP contribution in [-0.4, -0.2) is 50.1 Å². The van der Waals surface area contributed by atoms with E-state index in [1.807, 2.05) is 0 Å². The summed E-state index contributed by atoms with van der Waals surface area (Å²) in [5, 5.41) is 4.75. The number of ether oxygens (including phenoxy) is 2. The summed E-state index contributed by atoms with van der Waals surface area (Å²) in [6.07, 6.45) is -4.67.